The van der Waals surface area contributed by atoms with Crippen LogP contribution >= 0.6 is 46.7 Å². The van der Waals surface area contributed by atoms with E-state index in [9.17, 15) is 0 Å². The lowest BCUT2D eigenvalue weighted by Gasteiger charge is -2.31. The van der Waals surface area contributed by atoms with E-state index in [1.54, 1.807) is 11.3 Å². The van der Waals surface area contributed by atoms with Gasteiger partial charge in [0.2, 0.25) is 0 Å². The van der Waals surface area contributed by atoms with Gasteiger partial charge in [-0.15, -0.1) is 46.7 Å². The quantitative estimate of drug-likeness (QED) is 0.293. The number of aryl methyl sites for hydroxylation is 1. The maximum absolute atomic E-state index is 4.59. The minimum atomic E-state index is 0. The van der Waals surface area contributed by atoms with Crippen LogP contribution < -0.4 is 10.6 Å². The number of aromatic nitrogens is 1. The molecule has 162 valence electrons. The van der Waals surface area contributed by atoms with E-state index in [2.05, 4.69) is 62.3 Å². The third kappa shape index (κ3) is 8.51. The van der Waals surface area contributed by atoms with Crippen LogP contribution in [0.4, 0.5) is 0 Å². The topological polar surface area (TPSA) is 52.6 Å². The van der Waals surface area contributed by atoms with Crippen molar-refractivity contribution in [1.82, 2.24) is 20.5 Å². The summed E-state index contributed by atoms with van der Waals surface area (Å²) in [5.74, 6) is 2.24. The van der Waals surface area contributed by atoms with Crippen molar-refractivity contribution in [3.8, 4) is 0 Å². The van der Waals surface area contributed by atoms with Gasteiger partial charge in [0.25, 0.3) is 0 Å². The van der Waals surface area contributed by atoms with E-state index in [4.69, 9.17) is 0 Å². The molecular formula is C21H34IN5S2. The molecule has 0 radical (unpaired) electrons. The van der Waals surface area contributed by atoms with Crippen LogP contribution in [0.1, 0.15) is 35.3 Å². The van der Waals surface area contributed by atoms with Crippen molar-refractivity contribution < 1.29 is 0 Å². The molecule has 1 fully saturated rings. The van der Waals surface area contributed by atoms with Crippen LogP contribution in [0.2, 0.25) is 0 Å². The fourth-order valence-corrected chi connectivity index (χ4v) is 5.11. The molecule has 0 bridgehead atoms. The second kappa shape index (κ2) is 12.9. The number of nitrogens with one attached hydrogen (secondary N) is 2. The second-order valence-corrected chi connectivity index (χ2v) is 9.89. The van der Waals surface area contributed by atoms with Crippen molar-refractivity contribution >= 4 is 52.6 Å². The standard InChI is InChI=1S/C21H33N5S2.HI/c1-16(11-20-5-4-10-27-20)12-23-21(22-3)24-13-18-6-8-26(9-7-18)14-19-15-28-17(2)25-19;/h4-5,10,15-16,18H,6-9,11-14H2,1-3H3,(H2,22,23,24);1H. The molecule has 1 saturated heterocycles. The molecule has 1 aliphatic heterocycles. The third-order valence-electron chi connectivity index (χ3n) is 5.29. The highest BCUT2D eigenvalue weighted by Crippen LogP contribution is 2.19. The molecule has 0 saturated carbocycles. The smallest absolute Gasteiger partial charge is 0.190 e. The number of hydrogen-bond acceptors (Lipinski definition) is 5. The van der Waals surface area contributed by atoms with Crippen LogP contribution in [0.3, 0.4) is 0 Å². The number of rotatable bonds is 8. The van der Waals surface area contributed by atoms with Gasteiger partial charge in [0, 0.05) is 36.9 Å². The SMILES string of the molecule is CN=C(NCC(C)Cc1cccs1)NCC1CCN(Cc2csc(C)n2)CC1.I. The molecule has 2 N–H and O–H groups in total. The second-order valence-electron chi connectivity index (χ2n) is 7.80. The maximum atomic E-state index is 4.59. The van der Waals surface area contributed by atoms with Crippen molar-refractivity contribution in [2.75, 3.05) is 33.2 Å². The van der Waals surface area contributed by atoms with Gasteiger partial charge in [0.05, 0.1) is 10.7 Å². The fourth-order valence-electron chi connectivity index (χ4n) is 3.64. The minimum absolute atomic E-state index is 0. The highest BCUT2D eigenvalue weighted by Gasteiger charge is 2.20. The van der Waals surface area contributed by atoms with Gasteiger partial charge in [-0.1, -0.05) is 13.0 Å². The van der Waals surface area contributed by atoms with Gasteiger partial charge >= 0.3 is 0 Å². The number of piperidine rings is 1. The molecule has 1 aliphatic rings. The number of likely N-dealkylation sites (tertiary alicyclic amines) is 1. The largest absolute Gasteiger partial charge is 0.356 e. The van der Waals surface area contributed by atoms with E-state index in [0.29, 0.717) is 5.92 Å². The summed E-state index contributed by atoms with van der Waals surface area (Å²) in [6.07, 6.45) is 3.60. The van der Waals surface area contributed by atoms with Crippen molar-refractivity contribution in [3.63, 3.8) is 0 Å². The number of nitrogens with zero attached hydrogens (tertiary/aromatic N) is 3. The van der Waals surface area contributed by atoms with Gasteiger partial charge < -0.3 is 10.6 Å². The molecular weight excluding hydrogens is 513 g/mol. The van der Waals surface area contributed by atoms with E-state index >= 15 is 0 Å². The number of halogens is 1. The van der Waals surface area contributed by atoms with Crippen molar-refractivity contribution in [3.05, 3.63) is 38.5 Å². The molecule has 3 rings (SSSR count). The molecule has 1 unspecified atom stereocenters. The first-order valence-corrected chi connectivity index (χ1v) is 12.0. The first kappa shape index (κ1) is 24.6. The molecule has 0 amide bonds. The van der Waals surface area contributed by atoms with Crippen molar-refractivity contribution in [1.29, 1.82) is 0 Å². The highest BCUT2D eigenvalue weighted by molar-refractivity contribution is 14.0. The van der Waals surface area contributed by atoms with Crippen molar-refractivity contribution in [2.45, 2.75) is 39.7 Å². The van der Waals surface area contributed by atoms with Gasteiger partial charge in [0.15, 0.2) is 5.96 Å². The Morgan fingerprint density at radius 1 is 1.31 bits per heavy atom. The molecule has 5 nitrogen and oxygen atoms in total. The van der Waals surface area contributed by atoms with E-state index < -0.39 is 0 Å². The summed E-state index contributed by atoms with van der Waals surface area (Å²) < 4.78 is 0. The molecule has 3 heterocycles. The van der Waals surface area contributed by atoms with Crippen LogP contribution in [0.25, 0.3) is 0 Å². The average molecular weight is 548 g/mol. The lowest BCUT2D eigenvalue weighted by atomic mass is 9.97. The van der Waals surface area contributed by atoms with Crippen LogP contribution in [-0.2, 0) is 13.0 Å². The number of hydrogen-bond donors (Lipinski definition) is 2. The zero-order chi connectivity index (χ0) is 19.8. The average Bonchev–Trinajstić information content (AvgIpc) is 3.35. The number of thiophene rings is 1. The predicted octanol–water partition coefficient (Wildman–Crippen LogP) is 4.39. The Bertz CT molecular complexity index is 723. The van der Waals surface area contributed by atoms with E-state index in [0.717, 1.165) is 56.0 Å². The van der Waals surface area contributed by atoms with Crippen LogP contribution in [0.5, 0.6) is 0 Å². The lowest BCUT2D eigenvalue weighted by molar-refractivity contribution is 0.176. The monoisotopic (exact) mass is 547 g/mol. The van der Waals surface area contributed by atoms with Crippen LogP contribution in [0.15, 0.2) is 27.9 Å². The lowest BCUT2D eigenvalue weighted by Crippen LogP contribution is -2.43. The Labute approximate surface area is 200 Å². The maximum Gasteiger partial charge on any atom is 0.190 e. The Kier molecular flexibility index (Phi) is 10.9. The number of aliphatic imine (C=N–C) groups is 1. The van der Waals surface area contributed by atoms with Crippen LogP contribution in [0, 0.1) is 18.8 Å². The third-order valence-corrected chi connectivity index (χ3v) is 7.01. The molecule has 0 aromatic carbocycles. The highest BCUT2D eigenvalue weighted by atomic mass is 127. The molecule has 8 heteroatoms. The zero-order valence-corrected chi connectivity index (χ0v) is 21.7. The fraction of sp³-hybridized carbons (Fsp3) is 0.619. The van der Waals surface area contributed by atoms with Gasteiger partial charge in [0.1, 0.15) is 0 Å². The predicted molar refractivity (Wildman–Crippen MR) is 137 cm³/mol. The zero-order valence-electron chi connectivity index (χ0n) is 17.7. The Morgan fingerprint density at radius 2 is 2.10 bits per heavy atom. The van der Waals surface area contributed by atoms with E-state index in [-0.39, 0.29) is 24.0 Å². The van der Waals surface area contributed by atoms with Gasteiger partial charge in [-0.2, -0.15) is 0 Å². The summed E-state index contributed by atoms with van der Waals surface area (Å²) in [5, 5.41) is 12.5. The Hall–Kier alpha value is -0.710. The number of thiazole rings is 1. The first-order valence-electron chi connectivity index (χ1n) is 10.2. The summed E-state index contributed by atoms with van der Waals surface area (Å²) in [5.41, 5.74) is 1.22. The Morgan fingerprint density at radius 3 is 2.72 bits per heavy atom. The summed E-state index contributed by atoms with van der Waals surface area (Å²) in [6.45, 7) is 9.64. The normalized spacial score (nSPS) is 17.0. The first-order chi connectivity index (χ1) is 13.6. The Balaban J connectivity index is 0.00000300. The summed E-state index contributed by atoms with van der Waals surface area (Å²) >= 11 is 3.59. The van der Waals surface area contributed by atoms with Crippen molar-refractivity contribution in [2.24, 2.45) is 16.8 Å². The summed E-state index contributed by atoms with van der Waals surface area (Å²) in [7, 11) is 1.86. The number of guanidine groups is 1. The minimum Gasteiger partial charge on any atom is -0.356 e. The van der Waals surface area contributed by atoms with E-state index in [1.165, 1.54) is 23.4 Å². The molecule has 0 spiro atoms. The van der Waals surface area contributed by atoms with Crippen LogP contribution in [-0.4, -0.2) is 49.1 Å². The van der Waals surface area contributed by atoms with Gasteiger partial charge in [-0.25, -0.2) is 4.98 Å². The van der Waals surface area contributed by atoms with Gasteiger partial charge in [-0.05, 0) is 62.6 Å². The summed E-state index contributed by atoms with van der Waals surface area (Å²) in [6, 6.07) is 4.35. The summed E-state index contributed by atoms with van der Waals surface area (Å²) in [4.78, 5) is 13.0. The van der Waals surface area contributed by atoms with Gasteiger partial charge in [-0.3, -0.25) is 9.89 Å². The molecule has 2 aromatic heterocycles. The van der Waals surface area contributed by atoms with E-state index in [1.807, 2.05) is 18.4 Å². The molecule has 2 aromatic rings. The molecule has 29 heavy (non-hydrogen) atoms. The molecule has 0 aliphatic carbocycles. The molecule has 1 atom stereocenters.